The molecule has 0 N–H and O–H groups in total. The van der Waals surface area contributed by atoms with Crippen molar-refractivity contribution in [3.05, 3.63) is 98.5 Å². The summed E-state index contributed by atoms with van der Waals surface area (Å²) in [5.74, 6) is 0.763. The van der Waals surface area contributed by atoms with Crippen LogP contribution in [0, 0.1) is 0 Å². The minimum atomic E-state index is 0.173. The van der Waals surface area contributed by atoms with Crippen LogP contribution in [-0.2, 0) is 12.3 Å². The number of halogens is 3. The predicted octanol–water partition coefficient (Wildman–Crippen LogP) is 7.14. The Morgan fingerprint density at radius 1 is 0.800 bits per heavy atom. The molecule has 30 heavy (non-hydrogen) atoms. The SMILES string of the molecule is SCc1ccc(CN2CCN(c3ccc(Cl)cc3Cl)C(c3ccc(Cl)cc3)C2)cc1. The van der Waals surface area contributed by atoms with E-state index in [-0.39, 0.29) is 6.04 Å². The van der Waals surface area contributed by atoms with Gasteiger partial charge in [0.2, 0.25) is 0 Å². The smallest absolute Gasteiger partial charge is 0.0670 e. The second-order valence-electron chi connectivity index (χ2n) is 7.57. The van der Waals surface area contributed by atoms with Crippen molar-refractivity contribution in [2.75, 3.05) is 24.5 Å². The number of piperazine rings is 1. The maximum atomic E-state index is 6.57. The van der Waals surface area contributed by atoms with E-state index in [2.05, 4.69) is 58.8 Å². The van der Waals surface area contributed by atoms with Crippen molar-refractivity contribution in [1.29, 1.82) is 0 Å². The van der Waals surface area contributed by atoms with Crippen LogP contribution in [-0.4, -0.2) is 24.5 Å². The third-order valence-corrected chi connectivity index (χ3v) is 6.71. The highest BCUT2D eigenvalue weighted by molar-refractivity contribution is 7.79. The van der Waals surface area contributed by atoms with Gasteiger partial charge in [0.25, 0.3) is 0 Å². The average molecular weight is 478 g/mol. The third-order valence-electron chi connectivity index (χ3n) is 5.55. The Hall–Kier alpha value is -1.36. The molecular formula is C24H23Cl3N2S. The van der Waals surface area contributed by atoms with Crippen LogP contribution in [0.3, 0.4) is 0 Å². The predicted molar refractivity (Wildman–Crippen MR) is 132 cm³/mol. The molecule has 6 heteroatoms. The summed E-state index contributed by atoms with van der Waals surface area (Å²) in [6.45, 7) is 3.65. The van der Waals surface area contributed by atoms with E-state index in [0.29, 0.717) is 10.0 Å². The Bertz CT molecular complexity index is 992. The molecule has 0 spiro atoms. The van der Waals surface area contributed by atoms with E-state index in [1.807, 2.05) is 30.3 Å². The fraction of sp³-hybridized carbons (Fsp3) is 0.250. The Kier molecular flexibility index (Phi) is 7.17. The van der Waals surface area contributed by atoms with Gasteiger partial charge in [0.05, 0.1) is 16.8 Å². The van der Waals surface area contributed by atoms with Gasteiger partial charge in [0.15, 0.2) is 0 Å². The highest BCUT2D eigenvalue weighted by Gasteiger charge is 2.29. The van der Waals surface area contributed by atoms with E-state index in [1.54, 1.807) is 0 Å². The quantitative estimate of drug-likeness (QED) is 0.390. The summed E-state index contributed by atoms with van der Waals surface area (Å²) in [7, 11) is 0. The van der Waals surface area contributed by atoms with E-state index in [4.69, 9.17) is 34.8 Å². The van der Waals surface area contributed by atoms with Crippen LogP contribution in [0.25, 0.3) is 0 Å². The monoisotopic (exact) mass is 476 g/mol. The maximum Gasteiger partial charge on any atom is 0.0670 e. The van der Waals surface area contributed by atoms with Gasteiger partial charge in [-0.2, -0.15) is 12.6 Å². The molecule has 1 atom stereocenters. The van der Waals surface area contributed by atoms with Gasteiger partial charge in [-0.1, -0.05) is 71.2 Å². The molecule has 4 rings (SSSR count). The summed E-state index contributed by atoms with van der Waals surface area (Å²) in [5, 5.41) is 2.07. The van der Waals surface area contributed by atoms with E-state index in [9.17, 15) is 0 Å². The summed E-state index contributed by atoms with van der Waals surface area (Å²) in [6, 6.07) is 22.7. The highest BCUT2D eigenvalue weighted by atomic mass is 35.5. The maximum absolute atomic E-state index is 6.57. The van der Waals surface area contributed by atoms with Crippen LogP contribution in [0.5, 0.6) is 0 Å². The van der Waals surface area contributed by atoms with Gasteiger partial charge in [0.1, 0.15) is 0 Å². The number of benzene rings is 3. The van der Waals surface area contributed by atoms with E-state index in [0.717, 1.165) is 42.6 Å². The van der Waals surface area contributed by atoms with Crippen LogP contribution < -0.4 is 4.90 Å². The highest BCUT2D eigenvalue weighted by Crippen LogP contribution is 2.37. The molecule has 0 aliphatic carbocycles. The fourth-order valence-electron chi connectivity index (χ4n) is 3.96. The number of nitrogens with zero attached hydrogens (tertiary/aromatic N) is 2. The molecule has 1 unspecified atom stereocenters. The zero-order valence-corrected chi connectivity index (χ0v) is 19.6. The Morgan fingerprint density at radius 3 is 2.13 bits per heavy atom. The van der Waals surface area contributed by atoms with Crippen molar-refractivity contribution in [3.8, 4) is 0 Å². The molecule has 0 radical (unpaired) electrons. The van der Waals surface area contributed by atoms with Gasteiger partial charge >= 0.3 is 0 Å². The summed E-state index contributed by atoms with van der Waals surface area (Å²) >= 11 is 23.2. The Labute approximate surface area is 198 Å². The van der Waals surface area contributed by atoms with Gasteiger partial charge < -0.3 is 4.90 Å². The topological polar surface area (TPSA) is 6.48 Å². The molecule has 0 bridgehead atoms. The molecule has 156 valence electrons. The zero-order valence-electron chi connectivity index (χ0n) is 16.4. The second kappa shape index (κ2) is 9.84. The molecule has 0 aromatic heterocycles. The summed E-state index contributed by atoms with van der Waals surface area (Å²) in [4.78, 5) is 4.87. The van der Waals surface area contributed by atoms with Crippen molar-refractivity contribution in [3.63, 3.8) is 0 Å². The standard InChI is InChI=1S/C24H23Cl3N2S/c25-20-7-5-19(6-8-20)24-15-28(14-17-1-3-18(16-30)4-2-17)11-12-29(24)23-10-9-21(26)13-22(23)27/h1-10,13,24,30H,11-12,14-16H2. The van der Waals surface area contributed by atoms with Crippen molar-refractivity contribution < 1.29 is 0 Å². The number of rotatable bonds is 5. The van der Waals surface area contributed by atoms with Crippen molar-refractivity contribution in [2.24, 2.45) is 0 Å². The first kappa shape index (κ1) is 21.9. The summed E-state index contributed by atoms with van der Waals surface area (Å²) in [5.41, 5.74) is 4.79. The number of anilines is 1. The number of hydrogen-bond acceptors (Lipinski definition) is 3. The third kappa shape index (κ3) is 5.09. The van der Waals surface area contributed by atoms with Gasteiger partial charge in [-0.3, -0.25) is 4.90 Å². The lowest BCUT2D eigenvalue weighted by molar-refractivity contribution is 0.215. The van der Waals surface area contributed by atoms with E-state index < -0.39 is 0 Å². The Morgan fingerprint density at radius 2 is 1.47 bits per heavy atom. The second-order valence-corrected chi connectivity index (χ2v) is 9.16. The number of thiol groups is 1. The summed E-state index contributed by atoms with van der Waals surface area (Å²) < 4.78 is 0. The molecule has 0 saturated carbocycles. The summed E-state index contributed by atoms with van der Waals surface area (Å²) in [6.07, 6.45) is 0. The van der Waals surface area contributed by atoms with Crippen molar-refractivity contribution >= 4 is 53.1 Å². The first-order valence-corrected chi connectivity index (χ1v) is 11.7. The molecule has 2 nitrogen and oxygen atoms in total. The van der Waals surface area contributed by atoms with Crippen LogP contribution in [0.15, 0.2) is 66.7 Å². The lowest BCUT2D eigenvalue weighted by atomic mass is 10.0. The lowest BCUT2D eigenvalue weighted by Gasteiger charge is -2.43. The van der Waals surface area contributed by atoms with Crippen molar-refractivity contribution in [2.45, 2.75) is 18.3 Å². The normalized spacial score (nSPS) is 17.3. The van der Waals surface area contributed by atoms with Crippen molar-refractivity contribution in [1.82, 2.24) is 4.90 Å². The van der Waals surface area contributed by atoms with Crippen LogP contribution >= 0.6 is 47.4 Å². The van der Waals surface area contributed by atoms with Gasteiger partial charge in [-0.05, 0) is 47.0 Å². The zero-order chi connectivity index (χ0) is 21.1. The molecule has 1 aliphatic heterocycles. The molecular weight excluding hydrogens is 455 g/mol. The van der Waals surface area contributed by atoms with Crippen LogP contribution in [0.1, 0.15) is 22.7 Å². The fourth-order valence-corrected chi connectivity index (χ4v) is 4.82. The lowest BCUT2D eigenvalue weighted by Crippen LogP contribution is -2.48. The van der Waals surface area contributed by atoms with E-state index >= 15 is 0 Å². The molecule has 3 aromatic rings. The molecule has 1 aliphatic rings. The minimum absolute atomic E-state index is 0.173. The molecule has 1 saturated heterocycles. The van der Waals surface area contributed by atoms with Crippen LogP contribution in [0.4, 0.5) is 5.69 Å². The first-order chi connectivity index (χ1) is 14.5. The molecule has 0 amide bonds. The van der Waals surface area contributed by atoms with Gasteiger partial charge in [-0.15, -0.1) is 0 Å². The number of hydrogen-bond donors (Lipinski definition) is 1. The first-order valence-electron chi connectivity index (χ1n) is 9.91. The largest absolute Gasteiger partial charge is 0.361 e. The van der Waals surface area contributed by atoms with Crippen LogP contribution in [0.2, 0.25) is 15.1 Å². The van der Waals surface area contributed by atoms with Gasteiger partial charge in [-0.25, -0.2) is 0 Å². The van der Waals surface area contributed by atoms with Gasteiger partial charge in [0, 0.05) is 42.0 Å². The Balaban J connectivity index is 1.59. The average Bonchev–Trinajstić information content (AvgIpc) is 2.75. The molecule has 3 aromatic carbocycles. The minimum Gasteiger partial charge on any atom is -0.361 e. The van der Waals surface area contributed by atoms with E-state index in [1.165, 1.54) is 16.7 Å². The molecule has 1 fully saturated rings. The molecule has 1 heterocycles.